The molecule has 0 radical (unpaired) electrons. The average molecular weight is 478 g/mol. The van der Waals surface area contributed by atoms with Gasteiger partial charge in [0.05, 0.1) is 5.69 Å². The van der Waals surface area contributed by atoms with Crippen molar-refractivity contribution in [2.75, 3.05) is 50.8 Å². The third kappa shape index (κ3) is 6.03. The number of halogens is 4. The van der Waals surface area contributed by atoms with Gasteiger partial charge in [0.25, 0.3) is 5.91 Å². The maximum absolute atomic E-state index is 13.5. The first kappa shape index (κ1) is 25.0. The Hall–Kier alpha value is -2.64. The molecule has 9 nitrogen and oxygen atoms in total. The summed E-state index contributed by atoms with van der Waals surface area (Å²) in [5.41, 5.74) is -1.74. The lowest BCUT2D eigenvalue weighted by molar-refractivity contribution is -0.165. The Morgan fingerprint density at radius 1 is 1.18 bits per heavy atom. The molecule has 2 unspecified atom stereocenters. The lowest BCUT2D eigenvalue weighted by atomic mass is 10.0. The second-order valence-electron chi connectivity index (χ2n) is 8.15. The van der Waals surface area contributed by atoms with Crippen molar-refractivity contribution in [1.82, 2.24) is 15.1 Å². The average Bonchev–Trinajstić information content (AvgIpc) is 2.74. The number of rotatable bonds is 7. The van der Waals surface area contributed by atoms with E-state index in [-0.39, 0.29) is 12.3 Å². The number of carbonyl (C=O) groups excluding carboxylic acids is 2. The number of hydrogen-bond donors (Lipinski definition) is 3. The summed E-state index contributed by atoms with van der Waals surface area (Å²) in [6.45, 7) is 2.18. The standard InChI is InChI=1S/C20H26F4N4O5/c1-19(32)16(29)25-18(31)28(17(19)30)6-2-5-26-7-9-27(10-8-26)14-4-3-13(21)11-15(14)33-12-20(22,23)24/h3-4,11,16,29,32H,2,5-10,12H2,1H3,(H,25,31). The molecule has 2 saturated heterocycles. The highest BCUT2D eigenvalue weighted by Crippen LogP contribution is 2.31. The van der Waals surface area contributed by atoms with Crippen LogP contribution in [0, 0.1) is 5.82 Å². The van der Waals surface area contributed by atoms with Crippen LogP contribution >= 0.6 is 0 Å². The summed E-state index contributed by atoms with van der Waals surface area (Å²) in [7, 11) is 0. The van der Waals surface area contributed by atoms with Crippen molar-refractivity contribution in [2.24, 2.45) is 0 Å². The summed E-state index contributed by atoms with van der Waals surface area (Å²) in [5.74, 6) is -1.76. The molecule has 2 atom stereocenters. The third-order valence-electron chi connectivity index (χ3n) is 5.60. The molecule has 0 spiro atoms. The first-order chi connectivity index (χ1) is 15.4. The number of hydrogen-bond acceptors (Lipinski definition) is 7. The molecule has 0 aliphatic carbocycles. The van der Waals surface area contributed by atoms with E-state index >= 15 is 0 Å². The minimum atomic E-state index is -4.54. The Bertz CT molecular complexity index is 875. The molecule has 2 heterocycles. The summed E-state index contributed by atoms with van der Waals surface area (Å²) in [5, 5.41) is 21.8. The summed E-state index contributed by atoms with van der Waals surface area (Å²) < 4.78 is 55.9. The molecular weight excluding hydrogens is 452 g/mol. The highest BCUT2D eigenvalue weighted by Gasteiger charge is 2.48. The molecule has 0 bridgehead atoms. The molecule has 33 heavy (non-hydrogen) atoms. The molecule has 184 valence electrons. The number of anilines is 1. The van der Waals surface area contributed by atoms with Gasteiger partial charge in [-0.05, 0) is 32.0 Å². The number of nitrogens with zero attached hydrogens (tertiary/aromatic N) is 3. The van der Waals surface area contributed by atoms with Crippen molar-refractivity contribution in [1.29, 1.82) is 0 Å². The monoisotopic (exact) mass is 478 g/mol. The molecule has 1 aromatic carbocycles. The second kappa shape index (κ2) is 9.69. The molecule has 13 heteroatoms. The number of imide groups is 1. The van der Waals surface area contributed by atoms with Crippen molar-refractivity contribution >= 4 is 17.6 Å². The largest absolute Gasteiger partial charge is 0.482 e. The number of urea groups is 1. The predicted octanol–water partition coefficient (Wildman–Crippen LogP) is 0.900. The Morgan fingerprint density at radius 2 is 1.85 bits per heavy atom. The number of nitrogens with one attached hydrogen (secondary N) is 1. The number of ether oxygens (including phenoxy) is 1. The highest BCUT2D eigenvalue weighted by molar-refractivity contribution is 6.01. The molecule has 0 saturated carbocycles. The minimum absolute atomic E-state index is 0.0428. The molecule has 3 amide bonds. The third-order valence-corrected chi connectivity index (χ3v) is 5.60. The smallest absolute Gasteiger partial charge is 0.422 e. The quantitative estimate of drug-likeness (QED) is 0.500. The summed E-state index contributed by atoms with van der Waals surface area (Å²) in [6.07, 6.45) is -5.80. The van der Waals surface area contributed by atoms with E-state index in [2.05, 4.69) is 10.2 Å². The maximum Gasteiger partial charge on any atom is 0.422 e. The molecule has 3 N–H and O–H groups in total. The zero-order valence-electron chi connectivity index (χ0n) is 17.9. The topological polar surface area (TPSA) is 106 Å². The lowest BCUT2D eigenvalue weighted by Gasteiger charge is -2.39. The predicted molar refractivity (Wildman–Crippen MR) is 108 cm³/mol. The Balaban J connectivity index is 1.51. The fourth-order valence-electron chi connectivity index (χ4n) is 3.71. The van der Waals surface area contributed by atoms with Gasteiger partial charge in [0.1, 0.15) is 11.6 Å². The van der Waals surface area contributed by atoms with E-state index in [0.717, 1.165) is 24.0 Å². The van der Waals surface area contributed by atoms with Crippen molar-refractivity contribution in [3.63, 3.8) is 0 Å². The first-order valence-corrected chi connectivity index (χ1v) is 10.4. The van der Waals surface area contributed by atoms with E-state index in [9.17, 15) is 37.4 Å². The van der Waals surface area contributed by atoms with E-state index in [1.165, 1.54) is 6.07 Å². The first-order valence-electron chi connectivity index (χ1n) is 10.4. The van der Waals surface area contributed by atoms with E-state index in [1.807, 2.05) is 4.90 Å². The van der Waals surface area contributed by atoms with Crippen molar-refractivity contribution < 1.29 is 42.1 Å². The number of benzene rings is 1. The van der Waals surface area contributed by atoms with Crippen molar-refractivity contribution in [2.45, 2.75) is 31.3 Å². The lowest BCUT2D eigenvalue weighted by Crippen LogP contribution is -2.68. The van der Waals surface area contributed by atoms with Crippen molar-refractivity contribution in [3.8, 4) is 5.75 Å². The number of piperazine rings is 1. The zero-order chi connectivity index (χ0) is 24.4. The molecule has 3 rings (SSSR count). The highest BCUT2D eigenvalue weighted by atomic mass is 19.4. The van der Waals surface area contributed by atoms with Crippen LogP contribution in [0.4, 0.5) is 28.0 Å². The molecular formula is C20H26F4N4O5. The van der Waals surface area contributed by atoms with Gasteiger partial charge in [-0.1, -0.05) is 0 Å². The zero-order valence-corrected chi connectivity index (χ0v) is 17.9. The Morgan fingerprint density at radius 3 is 2.48 bits per heavy atom. The van der Waals surface area contributed by atoms with E-state index in [1.54, 1.807) is 0 Å². The normalized spacial score (nSPS) is 24.8. The minimum Gasteiger partial charge on any atom is -0.482 e. The van der Waals surface area contributed by atoms with Gasteiger partial charge in [0.15, 0.2) is 18.4 Å². The summed E-state index contributed by atoms with van der Waals surface area (Å²) in [4.78, 5) is 28.9. The van der Waals surface area contributed by atoms with Gasteiger partial charge in [-0.3, -0.25) is 14.6 Å². The van der Waals surface area contributed by atoms with E-state index < -0.39 is 42.4 Å². The van der Waals surface area contributed by atoms with Crippen molar-refractivity contribution in [3.05, 3.63) is 24.0 Å². The fraction of sp³-hybridized carbons (Fsp3) is 0.600. The van der Waals surface area contributed by atoms with Gasteiger partial charge in [0, 0.05) is 38.8 Å². The van der Waals surface area contributed by atoms with Crippen LogP contribution in [0.3, 0.4) is 0 Å². The number of carbonyl (C=O) groups is 2. The summed E-state index contributed by atoms with van der Waals surface area (Å²) >= 11 is 0. The van der Waals surface area contributed by atoms with Crippen LogP contribution in [0.5, 0.6) is 5.75 Å². The Labute approximate surface area is 187 Å². The molecule has 0 aromatic heterocycles. The van der Waals surface area contributed by atoms with Gasteiger partial charge in [-0.2, -0.15) is 13.2 Å². The molecule has 2 fully saturated rings. The van der Waals surface area contributed by atoms with Crippen LogP contribution in [0.2, 0.25) is 0 Å². The molecule has 2 aliphatic rings. The van der Waals surface area contributed by atoms with Crippen LogP contribution in [0.15, 0.2) is 18.2 Å². The van der Waals surface area contributed by atoms with Gasteiger partial charge in [0.2, 0.25) is 0 Å². The van der Waals surface area contributed by atoms with E-state index in [4.69, 9.17) is 4.74 Å². The summed E-state index contributed by atoms with van der Waals surface area (Å²) in [6, 6.07) is 2.69. The number of aliphatic hydroxyl groups is 2. The van der Waals surface area contributed by atoms with Crippen LogP contribution in [-0.2, 0) is 4.79 Å². The van der Waals surface area contributed by atoms with Crippen LogP contribution in [0.1, 0.15) is 13.3 Å². The van der Waals surface area contributed by atoms with E-state index in [0.29, 0.717) is 44.8 Å². The number of alkyl halides is 3. The second-order valence-corrected chi connectivity index (χ2v) is 8.15. The van der Waals surface area contributed by atoms with Crippen LogP contribution < -0.4 is 15.0 Å². The van der Waals surface area contributed by atoms with Gasteiger partial charge < -0.3 is 25.2 Å². The maximum atomic E-state index is 13.5. The van der Waals surface area contributed by atoms with Crippen LogP contribution in [-0.4, -0.2) is 95.8 Å². The fourth-order valence-corrected chi connectivity index (χ4v) is 3.71. The molecule has 2 aliphatic heterocycles. The van der Waals surface area contributed by atoms with Gasteiger partial charge in [-0.25, -0.2) is 9.18 Å². The van der Waals surface area contributed by atoms with Gasteiger partial charge >= 0.3 is 12.2 Å². The van der Waals surface area contributed by atoms with Crippen LogP contribution in [0.25, 0.3) is 0 Å². The number of amides is 3. The molecule has 1 aromatic rings. The number of aliphatic hydroxyl groups excluding tert-OH is 1. The Kier molecular flexibility index (Phi) is 7.34. The SMILES string of the molecule is CC1(O)C(=O)N(CCCN2CCN(c3ccc(F)cc3OCC(F)(F)F)CC2)C(=O)NC1O. The van der Waals surface area contributed by atoms with Gasteiger partial charge in [-0.15, -0.1) is 0 Å².